The number of halogens is 3. The Hall–Kier alpha value is -5.82. The molecular weight excluding hydrogens is 611 g/mol. The number of carbonyl (C=O) groups excluding carboxylic acids is 1. The van der Waals surface area contributed by atoms with Gasteiger partial charge < -0.3 is 20.5 Å². The Morgan fingerprint density at radius 1 is 0.936 bits per heavy atom. The topological polar surface area (TPSA) is 127 Å². The number of aromatic nitrogens is 5. The molecule has 0 aliphatic heterocycles. The number of amides is 2. The number of carbonyl (C=O) groups is 1. The molecule has 3 aromatic carbocycles. The van der Waals surface area contributed by atoms with Gasteiger partial charge in [0, 0.05) is 23.0 Å². The Bertz CT molecular complexity index is 2040. The monoisotopic (exact) mass is 639 g/mol. The number of aliphatic hydroxyl groups is 1. The van der Waals surface area contributed by atoms with Gasteiger partial charge in [-0.1, -0.05) is 42.5 Å². The number of anilines is 2. The molecule has 0 bridgehead atoms. The molecule has 10 nitrogen and oxygen atoms in total. The summed E-state index contributed by atoms with van der Waals surface area (Å²) in [5, 5.41) is 19.2. The van der Waals surface area contributed by atoms with E-state index in [4.69, 9.17) is 4.74 Å². The fourth-order valence-corrected chi connectivity index (χ4v) is 4.97. The standard InChI is InChI=1S/C34H28F3N7O3/c1-20-12-13-44-31(41-20)29(19-40-44)23-6-9-27(10-7-23)47-33-38-17-26(18-39-33)42-32(46)43-30-16-25(34(35,36)37)8-11-28(30)24-5-3-4-22(15-24)14-21(2)45/h3-13,15-19,21,45H,14H2,1-2H3,(H2,42,43,46). The molecule has 0 fully saturated rings. The maximum atomic E-state index is 13.6. The number of nitrogens with one attached hydrogen (secondary N) is 2. The van der Waals surface area contributed by atoms with E-state index in [-0.39, 0.29) is 17.4 Å². The molecule has 238 valence electrons. The van der Waals surface area contributed by atoms with Crippen molar-refractivity contribution in [2.75, 3.05) is 10.6 Å². The molecule has 0 saturated carbocycles. The van der Waals surface area contributed by atoms with Crippen molar-refractivity contribution in [2.24, 2.45) is 0 Å². The third-order valence-electron chi connectivity index (χ3n) is 7.13. The zero-order chi connectivity index (χ0) is 33.1. The van der Waals surface area contributed by atoms with E-state index >= 15 is 0 Å². The first-order chi connectivity index (χ1) is 22.5. The second-order valence-electron chi connectivity index (χ2n) is 10.9. The van der Waals surface area contributed by atoms with Crippen LogP contribution in [-0.4, -0.2) is 41.8 Å². The molecule has 6 aromatic rings. The van der Waals surface area contributed by atoms with E-state index < -0.39 is 23.9 Å². The van der Waals surface area contributed by atoms with Gasteiger partial charge in [-0.25, -0.2) is 24.3 Å². The summed E-state index contributed by atoms with van der Waals surface area (Å²) >= 11 is 0. The molecule has 0 saturated heterocycles. The highest BCUT2D eigenvalue weighted by molar-refractivity contribution is 6.02. The predicted octanol–water partition coefficient (Wildman–Crippen LogP) is 7.54. The molecule has 47 heavy (non-hydrogen) atoms. The molecule has 2 amide bonds. The van der Waals surface area contributed by atoms with Crippen molar-refractivity contribution in [2.45, 2.75) is 32.5 Å². The van der Waals surface area contributed by atoms with Crippen molar-refractivity contribution < 1.29 is 27.8 Å². The van der Waals surface area contributed by atoms with E-state index in [0.29, 0.717) is 23.3 Å². The zero-order valence-corrected chi connectivity index (χ0v) is 25.2. The third-order valence-corrected chi connectivity index (χ3v) is 7.13. The van der Waals surface area contributed by atoms with Gasteiger partial charge in [0.15, 0.2) is 5.65 Å². The lowest BCUT2D eigenvalue weighted by Crippen LogP contribution is -2.20. The van der Waals surface area contributed by atoms with Crippen LogP contribution in [0, 0.1) is 6.92 Å². The van der Waals surface area contributed by atoms with Crippen LogP contribution in [0.5, 0.6) is 11.8 Å². The molecule has 6 rings (SSSR count). The van der Waals surface area contributed by atoms with Gasteiger partial charge in [-0.15, -0.1) is 0 Å². The highest BCUT2D eigenvalue weighted by atomic mass is 19.4. The van der Waals surface area contributed by atoms with Crippen LogP contribution in [0.15, 0.2) is 97.6 Å². The summed E-state index contributed by atoms with van der Waals surface area (Å²) in [6, 6.07) is 18.5. The Morgan fingerprint density at radius 3 is 2.43 bits per heavy atom. The van der Waals surface area contributed by atoms with E-state index in [2.05, 4.69) is 30.7 Å². The van der Waals surface area contributed by atoms with Crippen molar-refractivity contribution in [1.29, 1.82) is 0 Å². The van der Waals surface area contributed by atoms with Crippen molar-refractivity contribution in [1.82, 2.24) is 24.6 Å². The maximum absolute atomic E-state index is 13.6. The molecule has 1 unspecified atom stereocenters. The minimum absolute atomic E-state index is 0.0224. The van der Waals surface area contributed by atoms with Crippen LogP contribution < -0.4 is 15.4 Å². The number of aryl methyl sites for hydroxylation is 1. The summed E-state index contributed by atoms with van der Waals surface area (Å²) in [6.07, 6.45) is 1.37. The van der Waals surface area contributed by atoms with E-state index in [1.807, 2.05) is 37.4 Å². The number of ether oxygens (including phenoxy) is 1. The van der Waals surface area contributed by atoms with Crippen molar-refractivity contribution in [3.8, 4) is 34.0 Å². The Labute approximate surface area is 266 Å². The lowest BCUT2D eigenvalue weighted by atomic mass is 9.98. The molecule has 3 aromatic heterocycles. The molecular formula is C34H28F3N7O3. The predicted molar refractivity (Wildman–Crippen MR) is 170 cm³/mol. The first kappa shape index (κ1) is 31.2. The van der Waals surface area contributed by atoms with Gasteiger partial charge in [0.05, 0.1) is 41.6 Å². The van der Waals surface area contributed by atoms with Crippen molar-refractivity contribution in [3.05, 3.63) is 114 Å². The molecule has 0 aliphatic carbocycles. The fourth-order valence-electron chi connectivity index (χ4n) is 4.97. The van der Waals surface area contributed by atoms with E-state index in [0.717, 1.165) is 40.2 Å². The van der Waals surface area contributed by atoms with Gasteiger partial charge >= 0.3 is 18.2 Å². The zero-order valence-electron chi connectivity index (χ0n) is 25.2. The quantitative estimate of drug-likeness (QED) is 0.157. The smallest absolute Gasteiger partial charge is 0.416 e. The summed E-state index contributed by atoms with van der Waals surface area (Å²) in [6.45, 7) is 3.56. The molecule has 13 heteroatoms. The third kappa shape index (κ3) is 7.36. The number of urea groups is 1. The van der Waals surface area contributed by atoms with Crippen molar-refractivity contribution >= 4 is 23.1 Å². The summed E-state index contributed by atoms with van der Waals surface area (Å²) in [5.41, 5.74) is 4.35. The second kappa shape index (κ2) is 12.9. The van der Waals surface area contributed by atoms with Crippen LogP contribution >= 0.6 is 0 Å². The number of benzene rings is 3. The van der Waals surface area contributed by atoms with Gasteiger partial charge in [0.1, 0.15) is 5.75 Å². The van der Waals surface area contributed by atoms with Gasteiger partial charge in [-0.3, -0.25) is 0 Å². The number of aliphatic hydroxyl groups excluding tert-OH is 1. The minimum Gasteiger partial charge on any atom is -0.424 e. The molecule has 0 radical (unpaired) electrons. The van der Waals surface area contributed by atoms with E-state index in [1.165, 1.54) is 18.5 Å². The van der Waals surface area contributed by atoms with Crippen molar-refractivity contribution in [3.63, 3.8) is 0 Å². The maximum Gasteiger partial charge on any atom is 0.416 e. The first-order valence-corrected chi connectivity index (χ1v) is 14.5. The number of fused-ring (bicyclic) bond motifs is 1. The van der Waals surface area contributed by atoms with Crippen LogP contribution in [0.1, 0.15) is 23.7 Å². The SMILES string of the molecule is Cc1ccn2ncc(-c3ccc(Oc4ncc(NC(=O)Nc5cc(C(F)(F)F)ccc5-c5cccc(CC(C)O)c5)cn4)cc3)c2n1. The summed E-state index contributed by atoms with van der Waals surface area (Å²) < 4.78 is 48.1. The second-order valence-corrected chi connectivity index (χ2v) is 10.9. The molecule has 3 heterocycles. The minimum atomic E-state index is -4.62. The van der Waals surface area contributed by atoms with Crippen LogP contribution in [0.4, 0.5) is 29.3 Å². The van der Waals surface area contributed by atoms with Gasteiger partial charge in [0.25, 0.3) is 0 Å². The number of alkyl halides is 3. The highest BCUT2D eigenvalue weighted by Gasteiger charge is 2.31. The van der Waals surface area contributed by atoms with Gasteiger partial charge in [-0.05, 0) is 67.3 Å². The number of hydrogen-bond donors (Lipinski definition) is 3. The molecule has 1 atom stereocenters. The van der Waals surface area contributed by atoms with E-state index in [9.17, 15) is 23.1 Å². The van der Waals surface area contributed by atoms with Gasteiger partial charge in [-0.2, -0.15) is 18.3 Å². The first-order valence-electron chi connectivity index (χ1n) is 14.5. The summed E-state index contributed by atoms with van der Waals surface area (Å²) in [5.74, 6) is 0.474. The Kier molecular flexibility index (Phi) is 8.55. The number of rotatable bonds is 8. The number of hydrogen-bond acceptors (Lipinski definition) is 7. The van der Waals surface area contributed by atoms with Gasteiger partial charge in [0.2, 0.25) is 0 Å². The van der Waals surface area contributed by atoms with Crippen LogP contribution in [0.3, 0.4) is 0 Å². The van der Waals surface area contributed by atoms with Crippen LogP contribution in [0.2, 0.25) is 0 Å². The number of nitrogens with zero attached hydrogens (tertiary/aromatic N) is 5. The average Bonchev–Trinajstić information content (AvgIpc) is 3.45. The largest absolute Gasteiger partial charge is 0.424 e. The van der Waals surface area contributed by atoms with E-state index in [1.54, 1.807) is 48.0 Å². The molecule has 3 N–H and O–H groups in total. The Morgan fingerprint density at radius 2 is 1.70 bits per heavy atom. The molecule has 0 spiro atoms. The summed E-state index contributed by atoms with van der Waals surface area (Å²) in [4.78, 5) is 25.7. The lowest BCUT2D eigenvalue weighted by molar-refractivity contribution is -0.137. The average molecular weight is 640 g/mol. The molecule has 0 aliphatic rings. The summed E-state index contributed by atoms with van der Waals surface area (Å²) in [7, 11) is 0. The normalized spacial score (nSPS) is 12.1. The van der Waals surface area contributed by atoms with Crippen LogP contribution in [-0.2, 0) is 12.6 Å². The highest BCUT2D eigenvalue weighted by Crippen LogP contribution is 2.36. The lowest BCUT2D eigenvalue weighted by Gasteiger charge is -2.16. The fraction of sp³-hybridized carbons (Fsp3) is 0.147. The van der Waals surface area contributed by atoms with Crippen LogP contribution in [0.25, 0.3) is 27.9 Å². The Balaban J connectivity index is 1.14.